The largest absolute Gasteiger partial charge is 0.378 e. The van der Waals surface area contributed by atoms with E-state index in [-0.39, 0.29) is 5.91 Å². The highest BCUT2D eigenvalue weighted by atomic mass is 79.9. The van der Waals surface area contributed by atoms with Crippen molar-refractivity contribution < 1.29 is 4.79 Å². The van der Waals surface area contributed by atoms with Gasteiger partial charge >= 0.3 is 0 Å². The molecule has 1 amide bonds. The first-order valence-electron chi connectivity index (χ1n) is 7.34. The van der Waals surface area contributed by atoms with Crippen LogP contribution in [0.5, 0.6) is 0 Å². The van der Waals surface area contributed by atoms with Crippen LogP contribution in [0, 0.1) is 0 Å². The quantitative estimate of drug-likeness (QED) is 0.774. The van der Waals surface area contributed by atoms with Crippen LogP contribution in [0.1, 0.15) is 5.56 Å². The minimum absolute atomic E-state index is 0.123. The number of halogens is 1. The van der Waals surface area contributed by atoms with Crippen LogP contribution in [0.3, 0.4) is 0 Å². The standard InChI is InChI=1S/C18H16BrN3OS/c1-22(2)13-9-7-12(8-10-13)11-16-17(23)21-18(24-16)20-15-6-4-3-5-14(15)19/h3-11H,1-2H3,(H,20,21,23)/b16-11-. The van der Waals surface area contributed by atoms with Crippen molar-refractivity contribution in [2.75, 3.05) is 19.0 Å². The van der Waals surface area contributed by atoms with Crippen LogP contribution in [0.25, 0.3) is 6.08 Å². The molecule has 24 heavy (non-hydrogen) atoms. The molecule has 1 aliphatic rings. The van der Waals surface area contributed by atoms with Crippen molar-refractivity contribution in [1.29, 1.82) is 0 Å². The van der Waals surface area contributed by atoms with E-state index < -0.39 is 0 Å². The number of carbonyl (C=O) groups excluding carboxylic acids is 1. The minimum atomic E-state index is -0.123. The van der Waals surface area contributed by atoms with Gasteiger partial charge in [0.2, 0.25) is 0 Å². The van der Waals surface area contributed by atoms with E-state index in [9.17, 15) is 4.79 Å². The van der Waals surface area contributed by atoms with Crippen LogP contribution >= 0.6 is 27.7 Å². The number of amides is 1. The number of amidine groups is 1. The lowest BCUT2D eigenvalue weighted by atomic mass is 10.2. The van der Waals surface area contributed by atoms with Crippen molar-refractivity contribution >= 4 is 56.2 Å². The molecule has 3 rings (SSSR count). The maximum Gasteiger partial charge on any atom is 0.264 e. The predicted octanol–water partition coefficient (Wildman–Crippen LogP) is 4.41. The molecule has 0 spiro atoms. The summed E-state index contributed by atoms with van der Waals surface area (Å²) in [4.78, 5) is 19.3. The third-order valence-electron chi connectivity index (χ3n) is 3.43. The first kappa shape index (κ1) is 16.8. The van der Waals surface area contributed by atoms with E-state index in [4.69, 9.17) is 0 Å². The third kappa shape index (κ3) is 3.88. The molecule has 0 saturated carbocycles. The van der Waals surface area contributed by atoms with Gasteiger partial charge in [0.15, 0.2) is 5.17 Å². The molecule has 1 aliphatic heterocycles. The van der Waals surface area contributed by atoms with Gasteiger partial charge in [0.1, 0.15) is 0 Å². The Morgan fingerprint density at radius 2 is 1.83 bits per heavy atom. The molecule has 0 aliphatic carbocycles. The van der Waals surface area contributed by atoms with Crippen LogP contribution in [-0.2, 0) is 4.79 Å². The number of nitrogens with one attached hydrogen (secondary N) is 1. The van der Waals surface area contributed by atoms with Gasteiger partial charge in [-0.05, 0) is 63.6 Å². The molecule has 0 radical (unpaired) electrons. The van der Waals surface area contributed by atoms with Gasteiger partial charge in [0.25, 0.3) is 5.91 Å². The van der Waals surface area contributed by atoms with Crippen LogP contribution in [0.2, 0.25) is 0 Å². The van der Waals surface area contributed by atoms with Gasteiger partial charge in [-0.25, -0.2) is 4.99 Å². The first-order valence-corrected chi connectivity index (χ1v) is 8.95. The molecule has 1 heterocycles. The van der Waals surface area contributed by atoms with Crippen LogP contribution in [0.4, 0.5) is 11.4 Å². The maximum atomic E-state index is 12.1. The minimum Gasteiger partial charge on any atom is -0.378 e. The van der Waals surface area contributed by atoms with Gasteiger partial charge in [0.05, 0.1) is 10.6 Å². The molecule has 2 aromatic rings. The Labute approximate surface area is 153 Å². The summed E-state index contributed by atoms with van der Waals surface area (Å²) < 4.78 is 0.893. The molecule has 1 saturated heterocycles. The molecule has 1 fully saturated rings. The lowest BCUT2D eigenvalue weighted by Gasteiger charge is -2.11. The second kappa shape index (κ2) is 7.23. The summed E-state index contributed by atoms with van der Waals surface area (Å²) in [6.45, 7) is 0. The number of hydrogen-bond donors (Lipinski definition) is 1. The zero-order valence-electron chi connectivity index (χ0n) is 13.3. The monoisotopic (exact) mass is 401 g/mol. The van der Waals surface area contributed by atoms with E-state index in [1.807, 2.05) is 73.6 Å². The average Bonchev–Trinajstić information content (AvgIpc) is 2.90. The normalized spacial score (nSPS) is 17.4. The Hall–Kier alpha value is -2.05. The molecule has 6 heteroatoms. The number of para-hydroxylation sites is 1. The fourth-order valence-electron chi connectivity index (χ4n) is 2.15. The summed E-state index contributed by atoms with van der Waals surface area (Å²) in [5.41, 5.74) is 2.90. The van der Waals surface area contributed by atoms with Gasteiger partial charge in [-0.3, -0.25) is 4.79 Å². The number of benzene rings is 2. The van der Waals surface area contributed by atoms with E-state index in [0.717, 1.165) is 21.4 Å². The molecule has 0 bridgehead atoms. The highest BCUT2D eigenvalue weighted by Crippen LogP contribution is 2.31. The zero-order valence-corrected chi connectivity index (χ0v) is 15.7. The Balaban J connectivity index is 1.81. The van der Waals surface area contributed by atoms with Gasteiger partial charge in [0, 0.05) is 24.3 Å². The van der Waals surface area contributed by atoms with E-state index in [2.05, 4.69) is 26.2 Å². The molecule has 2 aromatic carbocycles. The summed E-state index contributed by atoms with van der Waals surface area (Å²) in [7, 11) is 4.00. The van der Waals surface area contributed by atoms with E-state index in [0.29, 0.717) is 10.1 Å². The number of rotatable bonds is 3. The van der Waals surface area contributed by atoms with Crippen molar-refractivity contribution in [3.05, 3.63) is 63.5 Å². The van der Waals surface area contributed by atoms with Gasteiger partial charge < -0.3 is 10.2 Å². The lowest BCUT2D eigenvalue weighted by molar-refractivity contribution is -0.115. The molecule has 0 atom stereocenters. The number of anilines is 1. The van der Waals surface area contributed by atoms with E-state index in [1.165, 1.54) is 11.8 Å². The van der Waals surface area contributed by atoms with Crippen LogP contribution in [-0.4, -0.2) is 25.2 Å². The van der Waals surface area contributed by atoms with Gasteiger partial charge in [-0.15, -0.1) is 0 Å². The van der Waals surface area contributed by atoms with Gasteiger partial charge in [-0.2, -0.15) is 0 Å². The Kier molecular flexibility index (Phi) is 5.06. The molecule has 122 valence electrons. The second-order valence-electron chi connectivity index (χ2n) is 5.42. The molecule has 0 aromatic heterocycles. The summed E-state index contributed by atoms with van der Waals surface area (Å²) in [5.74, 6) is -0.123. The number of carbonyl (C=O) groups is 1. The average molecular weight is 402 g/mol. The fourth-order valence-corrected chi connectivity index (χ4v) is 3.36. The molecule has 1 N–H and O–H groups in total. The number of thioether (sulfide) groups is 1. The maximum absolute atomic E-state index is 12.1. The van der Waals surface area contributed by atoms with Gasteiger partial charge in [-0.1, -0.05) is 24.3 Å². The summed E-state index contributed by atoms with van der Waals surface area (Å²) in [6.07, 6.45) is 1.88. The lowest BCUT2D eigenvalue weighted by Crippen LogP contribution is -2.19. The van der Waals surface area contributed by atoms with Crippen molar-refractivity contribution in [3.8, 4) is 0 Å². The SMILES string of the molecule is CN(C)c1ccc(/C=C2\SC(=Nc3ccccc3Br)NC2=O)cc1. The van der Waals surface area contributed by atoms with Crippen LogP contribution in [0.15, 0.2) is 62.9 Å². The number of nitrogens with zero attached hydrogens (tertiary/aromatic N) is 2. The number of hydrogen-bond acceptors (Lipinski definition) is 4. The van der Waals surface area contributed by atoms with Crippen molar-refractivity contribution in [2.45, 2.75) is 0 Å². The Morgan fingerprint density at radius 1 is 1.12 bits per heavy atom. The first-order chi connectivity index (χ1) is 11.5. The fraction of sp³-hybridized carbons (Fsp3) is 0.111. The smallest absolute Gasteiger partial charge is 0.264 e. The topological polar surface area (TPSA) is 44.7 Å². The second-order valence-corrected chi connectivity index (χ2v) is 7.30. The zero-order chi connectivity index (χ0) is 17.1. The summed E-state index contributed by atoms with van der Waals surface area (Å²) >= 11 is 4.81. The molecular weight excluding hydrogens is 386 g/mol. The summed E-state index contributed by atoms with van der Waals surface area (Å²) in [5, 5.41) is 3.39. The third-order valence-corrected chi connectivity index (χ3v) is 5.01. The van der Waals surface area contributed by atoms with Crippen LogP contribution < -0.4 is 10.2 Å². The molecular formula is C18H16BrN3OS. The molecule has 4 nitrogen and oxygen atoms in total. The highest BCUT2D eigenvalue weighted by molar-refractivity contribution is 9.10. The van der Waals surface area contributed by atoms with Crippen molar-refractivity contribution in [2.24, 2.45) is 4.99 Å². The van der Waals surface area contributed by atoms with Crippen molar-refractivity contribution in [1.82, 2.24) is 5.32 Å². The van der Waals surface area contributed by atoms with E-state index >= 15 is 0 Å². The Morgan fingerprint density at radius 3 is 2.50 bits per heavy atom. The Bertz CT molecular complexity index is 828. The number of aliphatic imine (C=N–C) groups is 1. The predicted molar refractivity (Wildman–Crippen MR) is 106 cm³/mol. The van der Waals surface area contributed by atoms with E-state index in [1.54, 1.807) is 0 Å². The van der Waals surface area contributed by atoms with Crippen molar-refractivity contribution in [3.63, 3.8) is 0 Å². The summed E-state index contributed by atoms with van der Waals surface area (Å²) in [6, 6.07) is 15.7. The highest BCUT2D eigenvalue weighted by Gasteiger charge is 2.23. The molecule has 0 unspecified atom stereocenters.